The lowest BCUT2D eigenvalue weighted by molar-refractivity contribution is 0.259. The van der Waals surface area contributed by atoms with Crippen molar-refractivity contribution in [2.75, 3.05) is 12.4 Å². The first-order valence-electron chi connectivity index (χ1n) is 6.79. The molecule has 0 unspecified atom stereocenters. The number of fused-ring (bicyclic) bond motifs is 1. The lowest BCUT2D eigenvalue weighted by Crippen LogP contribution is -2.19. The topological polar surface area (TPSA) is 99.4 Å². The number of urea groups is 1. The van der Waals surface area contributed by atoms with E-state index in [1.807, 2.05) is 18.2 Å². The Hall–Kier alpha value is -3.35. The number of ether oxygens (including phenoxy) is 2. The number of hydrogen-bond donors (Lipinski definition) is 2. The summed E-state index contributed by atoms with van der Waals surface area (Å²) in [5, 5.41) is 3.22. The summed E-state index contributed by atoms with van der Waals surface area (Å²) in [7, 11) is 1.59. The first kappa shape index (κ1) is 14.6. The summed E-state index contributed by atoms with van der Waals surface area (Å²) in [5.41, 5.74) is 6.40. The smallest absolute Gasteiger partial charge is 0.316 e. The second kappa shape index (κ2) is 6.18. The van der Waals surface area contributed by atoms with Crippen LogP contribution in [-0.4, -0.2) is 23.1 Å². The number of rotatable bonds is 4. The third kappa shape index (κ3) is 3.29. The lowest BCUT2D eigenvalue weighted by atomic mass is 10.2. The second-order valence-corrected chi connectivity index (χ2v) is 4.68. The molecule has 1 aromatic heterocycles. The maximum Gasteiger partial charge on any atom is 0.316 e. The molecule has 2 aromatic carbocycles. The minimum absolute atomic E-state index is 0.421. The van der Waals surface area contributed by atoms with E-state index in [1.165, 1.54) is 6.33 Å². The van der Waals surface area contributed by atoms with Gasteiger partial charge < -0.3 is 20.5 Å². The van der Waals surface area contributed by atoms with Crippen LogP contribution in [0.5, 0.6) is 17.4 Å². The summed E-state index contributed by atoms with van der Waals surface area (Å²) >= 11 is 0. The molecule has 2 amide bonds. The summed E-state index contributed by atoms with van der Waals surface area (Å²) in [5.74, 6) is 1.69. The number of carbonyl (C=O) groups is 1. The third-order valence-electron chi connectivity index (χ3n) is 3.14. The van der Waals surface area contributed by atoms with Gasteiger partial charge in [0.2, 0.25) is 5.88 Å². The summed E-state index contributed by atoms with van der Waals surface area (Å²) in [6, 6.07) is 11.6. The summed E-state index contributed by atoms with van der Waals surface area (Å²) in [4.78, 5) is 19.2. The fourth-order valence-corrected chi connectivity index (χ4v) is 2.08. The molecule has 0 saturated carbocycles. The zero-order chi connectivity index (χ0) is 16.2. The van der Waals surface area contributed by atoms with Crippen molar-refractivity contribution in [1.82, 2.24) is 9.97 Å². The summed E-state index contributed by atoms with van der Waals surface area (Å²) in [6.07, 6.45) is 1.44. The van der Waals surface area contributed by atoms with Gasteiger partial charge in [-0.1, -0.05) is 0 Å². The lowest BCUT2D eigenvalue weighted by Gasteiger charge is -2.09. The van der Waals surface area contributed by atoms with Crippen LogP contribution >= 0.6 is 0 Å². The Morgan fingerprint density at radius 2 is 1.83 bits per heavy atom. The monoisotopic (exact) mass is 310 g/mol. The molecule has 0 radical (unpaired) electrons. The van der Waals surface area contributed by atoms with E-state index in [9.17, 15) is 4.79 Å². The number of hydrogen-bond acceptors (Lipinski definition) is 5. The number of methoxy groups -OCH3 is 1. The molecule has 0 atom stereocenters. The molecule has 0 aliphatic carbocycles. The molecule has 3 N–H and O–H groups in total. The van der Waals surface area contributed by atoms with Gasteiger partial charge in [-0.05, 0) is 42.5 Å². The number of carbonyl (C=O) groups excluding carboxylic acids is 1. The minimum Gasteiger partial charge on any atom is -0.497 e. The van der Waals surface area contributed by atoms with Gasteiger partial charge in [-0.25, -0.2) is 14.8 Å². The molecule has 0 aliphatic heterocycles. The maximum absolute atomic E-state index is 10.8. The van der Waals surface area contributed by atoms with E-state index < -0.39 is 6.03 Å². The highest BCUT2D eigenvalue weighted by Gasteiger charge is 2.08. The third-order valence-corrected chi connectivity index (χ3v) is 3.14. The van der Waals surface area contributed by atoms with Gasteiger partial charge in [0, 0.05) is 5.69 Å². The molecule has 3 rings (SSSR count). The van der Waals surface area contributed by atoms with Gasteiger partial charge in [0.25, 0.3) is 0 Å². The molecule has 0 bridgehead atoms. The summed E-state index contributed by atoms with van der Waals surface area (Å²) < 4.78 is 11.0. The highest BCUT2D eigenvalue weighted by molar-refractivity contribution is 5.88. The molecule has 116 valence electrons. The molecule has 3 aromatic rings. The zero-order valence-corrected chi connectivity index (χ0v) is 12.3. The fraction of sp³-hybridized carbons (Fsp3) is 0.0625. The van der Waals surface area contributed by atoms with Crippen molar-refractivity contribution in [3.05, 3.63) is 48.8 Å². The number of nitrogens with zero attached hydrogens (tertiary/aromatic N) is 2. The van der Waals surface area contributed by atoms with Crippen LogP contribution in [0.15, 0.2) is 48.8 Å². The van der Waals surface area contributed by atoms with E-state index in [0.717, 1.165) is 10.9 Å². The number of nitrogens with two attached hydrogens (primary N) is 1. The van der Waals surface area contributed by atoms with Crippen molar-refractivity contribution >= 4 is 22.6 Å². The number of benzene rings is 2. The molecular formula is C16H14N4O3. The molecule has 1 heterocycles. The standard InChI is InChI=1S/C16H14N4O3/c1-22-12-6-7-14-13(8-12)15(19-9-18-14)23-11-4-2-10(3-5-11)20-16(17)21/h2-9H,1H3,(H3,17,20,21). The minimum atomic E-state index is -0.618. The van der Waals surface area contributed by atoms with Gasteiger partial charge in [-0.2, -0.15) is 0 Å². The molecule has 0 spiro atoms. The van der Waals surface area contributed by atoms with Crippen molar-refractivity contribution in [1.29, 1.82) is 0 Å². The quantitative estimate of drug-likeness (QED) is 0.772. The zero-order valence-electron chi connectivity index (χ0n) is 12.3. The predicted octanol–water partition coefficient (Wildman–Crippen LogP) is 2.92. The molecule has 0 aliphatic rings. The van der Waals surface area contributed by atoms with E-state index in [-0.39, 0.29) is 0 Å². The van der Waals surface area contributed by atoms with Gasteiger partial charge in [0.15, 0.2) is 0 Å². The molecule has 7 heteroatoms. The van der Waals surface area contributed by atoms with E-state index >= 15 is 0 Å². The van der Waals surface area contributed by atoms with E-state index in [4.69, 9.17) is 15.2 Å². The number of nitrogens with one attached hydrogen (secondary N) is 1. The average molecular weight is 310 g/mol. The van der Waals surface area contributed by atoms with Crippen LogP contribution in [-0.2, 0) is 0 Å². The normalized spacial score (nSPS) is 10.3. The van der Waals surface area contributed by atoms with E-state index in [2.05, 4.69) is 15.3 Å². The number of anilines is 1. The van der Waals surface area contributed by atoms with Gasteiger partial charge >= 0.3 is 6.03 Å². The Labute approximate surface area is 132 Å². The SMILES string of the molecule is COc1ccc2ncnc(Oc3ccc(NC(N)=O)cc3)c2c1. The fourth-order valence-electron chi connectivity index (χ4n) is 2.08. The van der Waals surface area contributed by atoms with Gasteiger partial charge in [-0.3, -0.25) is 0 Å². The van der Waals surface area contributed by atoms with Crippen molar-refractivity contribution in [2.24, 2.45) is 5.73 Å². The van der Waals surface area contributed by atoms with Crippen LogP contribution in [0, 0.1) is 0 Å². The highest BCUT2D eigenvalue weighted by Crippen LogP contribution is 2.29. The largest absolute Gasteiger partial charge is 0.497 e. The first-order chi connectivity index (χ1) is 11.2. The van der Waals surface area contributed by atoms with Crippen LogP contribution in [0.2, 0.25) is 0 Å². The maximum atomic E-state index is 10.8. The highest BCUT2D eigenvalue weighted by atomic mass is 16.5. The number of primary amides is 1. The molecule has 0 saturated heterocycles. The second-order valence-electron chi connectivity index (χ2n) is 4.68. The number of amides is 2. The Morgan fingerprint density at radius 1 is 1.09 bits per heavy atom. The molecular weight excluding hydrogens is 296 g/mol. The van der Waals surface area contributed by atoms with Crippen LogP contribution < -0.4 is 20.5 Å². The van der Waals surface area contributed by atoms with Crippen molar-refractivity contribution in [3.8, 4) is 17.4 Å². The molecule has 7 nitrogen and oxygen atoms in total. The Morgan fingerprint density at radius 3 is 2.52 bits per heavy atom. The average Bonchev–Trinajstić information content (AvgIpc) is 2.56. The summed E-state index contributed by atoms with van der Waals surface area (Å²) in [6.45, 7) is 0. The Kier molecular flexibility index (Phi) is 3.92. The van der Waals surface area contributed by atoms with Crippen LogP contribution in [0.3, 0.4) is 0 Å². The van der Waals surface area contributed by atoms with E-state index in [1.54, 1.807) is 31.4 Å². The van der Waals surface area contributed by atoms with Crippen molar-refractivity contribution in [2.45, 2.75) is 0 Å². The van der Waals surface area contributed by atoms with Gasteiger partial charge in [-0.15, -0.1) is 0 Å². The van der Waals surface area contributed by atoms with Crippen LogP contribution in [0.25, 0.3) is 10.9 Å². The number of aromatic nitrogens is 2. The van der Waals surface area contributed by atoms with Gasteiger partial charge in [0.1, 0.15) is 17.8 Å². The van der Waals surface area contributed by atoms with Crippen LogP contribution in [0.4, 0.5) is 10.5 Å². The van der Waals surface area contributed by atoms with Crippen LogP contribution in [0.1, 0.15) is 0 Å². The van der Waals surface area contributed by atoms with Gasteiger partial charge in [0.05, 0.1) is 18.0 Å². The van der Waals surface area contributed by atoms with Crippen molar-refractivity contribution in [3.63, 3.8) is 0 Å². The van der Waals surface area contributed by atoms with Crippen molar-refractivity contribution < 1.29 is 14.3 Å². The van der Waals surface area contributed by atoms with E-state index in [0.29, 0.717) is 23.1 Å². The molecule has 0 fully saturated rings. The molecule has 23 heavy (non-hydrogen) atoms. The Balaban J connectivity index is 1.90. The Bertz CT molecular complexity index is 850. The first-order valence-corrected chi connectivity index (χ1v) is 6.79. The predicted molar refractivity (Wildman–Crippen MR) is 85.8 cm³/mol.